The van der Waals surface area contributed by atoms with Gasteiger partial charge < -0.3 is 15.7 Å². The third-order valence-corrected chi connectivity index (χ3v) is 7.06. The number of benzene rings is 4. The monoisotopic (exact) mass is 543 g/mol. The van der Waals surface area contributed by atoms with Crippen molar-refractivity contribution in [2.45, 2.75) is 26.8 Å². The zero-order valence-corrected chi connectivity index (χ0v) is 22.9. The smallest absolute Gasteiger partial charge is 0.352 e. The van der Waals surface area contributed by atoms with Gasteiger partial charge in [0.1, 0.15) is 5.70 Å². The van der Waals surface area contributed by atoms with Crippen LogP contribution in [0.3, 0.4) is 0 Å². The molecule has 0 bridgehead atoms. The largest absolute Gasteiger partial charge is 0.477 e. The van der Waals surface area contributed by atoms with E-state index in [1.54, 1.807) is 38.2 Å². The lowest BCUT2D eigenvalue weighted by Crippen LogP contribution is -2.29. The Hall–Kier alpha value is -5.30. The van der Waals surface area contributed by atoms with Crippen LogP contribution in [0.2, 0.25) is 0 Å². The summed E-state index contributed by atoms with van der Waals surface area (Å²) in [6.07, 6.45) is 2.93. The third kappa shape index (κ3) is 5.84. The highest BCUT2D eigenvalue weighted by atomic mass is 16.4. The van der Waals surface area contributed by atoms with Crippen LogP contribution >= 0.6 is 0 Å². The Morgan fingerprint density at radius 3 is 2.22 bits per heavy atom. The second kappa shape index (κ2) is 11.4. The molecule has 0 spiro atoms. The molecule has 0 radical (unpaired) electrons. The van der Waals surface area contributed by atoms with E-state index in [2.05, 4.69) is 15.6 Å². The number of carboxylic acid groups (broad SMARTS) is 1. The Kier molecular flexibility index (Phi) is 7.61. The molecule has 1 atom stereocenters. The minimum atomic E-state index is -1.28. The number of carbonyl (C=O) groups excluding carboxylic acids is 2. The maximum absolute atomic E-state index is 13.2. The highest BCUT2D eigenvalue weighted by Gasteiger charge is 2.20. The normalized spacial score (nSPS) is 12.2. The van der Waals surface area contributed by atoms with Crippen LogP contribution in [0.25, 0.3) is 27.8 Å². The van der Waals surface area contributed by atoms with E-state index in [4.69, 9.17) is 0 Å². The van der Waals surface area contributed by atoms with E-state index in [-0.39, 0.29) is 17.6 Å². The standard InChI is InChI=1S/C34H29N3O4/c1-20-15-26(32(38)36-22(3)27-13-8-11-24-9-4-6-12-28(24)27)16-21(2)31(20)33(39)37-30(34(40)41)18-23-17-25-10-5-7-14-29(25)35-19-23/h4-19,22H,1-3H3,(H,36,38)(H,37,39)(H,40,41)/t22-/m1/s1. The zero-order valence-electron chi connectivity index (χ0n) is 22.9. The predicted molar refractivity (Wildman–Crippen MR) is 161 cm³/mol. The van der Waals surface area contributed by atoms with Gasteiger partial charge in [-0.05, 0) is 84.1 Å². The van der Waals surface area contributed by atoms with Crippen molar-refractivity contribution >= 4 is 45.5 Å². The number of para-hydroxylation sites is 1. The number of aliphatic carboxylic acids is 1. The van der Waals surface area contributed by atoms with Crippen LogP contribution in [-0.2, 0) is 4.79 Å². The Balaban J connectivity index is 1.36. The summed E-state index contributed by atoms with van der Waals surface area (Å²) in [4.78, 5) is 42.8. The summed E-state index contributed by atoms with van der Waals surface area (Å²) in [6, 6.07) is 26.4. The van der Waals surface area contributed by atoms with E-state index in [1.807, 2.05) is 73.7 Å². The number of hydrogen-bond acceptors (Lipinski definition) is 4. The van der Waals surface area contributed by atoms with Crippen molar-refractivity contribution in [3.63, 3.8) is 0 Å². The van der Waals surface area contributed by atoms with Gasteiger partial charge >= 0.3 is 5.97 Å². The number of rotatable bonds is 7. The lowest BCUT2D eigenvalue weighted by Gasteiger charge is -2.18. The van der Waals surface area contributed by atoms with Crippen LogP contribution in [0.4, 0.5) is 0 Å². The highest BCUT2D eigenvalue weighted by Crippen LogP contribution is 2.25. The first-order chi connectivity index (χ1) is 19.7. The SMILES string of the molecule is Cc1cc(C(=O)N[C@H](C)c2cccc3ccccc23)cc(C)c1C(=O)NC(=Cc1cnc2ccccc2c1)C(=O)O. The first kappa shape index (κ1) is 27.3. The minimum Gasteiger partial charge on any atom is -0.477 e. The van der Waals surface area contributed by atoms with Crippen molar-refractivity contribution in [3.8, 4) is 0 Å². The lowest BCUT2D eigenvalue weighted by molar-refractivity contribution is -0.132. The summed E-state index contributed by atoms with van der Waals surface area (Å²) >= 11 is 0. The Labute approximate surface area is 237 Å². The van der Waals surface area contributed by atoms with E-state index < -0.39 is 11.9 Å². The van der Waals surface area contributed by atoms with E-state index in [1.165, 1.54) is 6.08 Å². The molecule has 7 heteroatoms. The van der Waals surface area contributed by atoms with Gasteiger partial charge in [-0.25, -0.2) is 4.79 Å². The first-order valence-electron chi connectivity index (χ1n) is 13.2. The number of nitrogens with one attached hydrogen (secondary N) is 2. The van der Waals surface area contributed by atoms with Gasteiger partial charge in [0, 0.05) is 22.7 Å². The lowest BCUT2D eigenvalue weighted by atomic mass is 9.97. The molecule has 0 fully saturated rings. The van der Waals surface area contributed by atoms with Gasteiger partial charge in [0.05, 0.1) is 11.6 Å². The molecule has 204 valence electrons. The molecule has 5 rings (SSSR count). The van der Waals surface area contributed by atoms with Crippen molar-refractivity contribution in [2.24, 2.45) is 0 Å². The molecule has 1 heterocycles. The molecule has 5 aromatic rings. The molecule has 0 aliphatic heterocycles. The molecule has 7 nitrogen and oxygen atoms in total. The number of carbonyl (C=O) groups is 3. The summed E-state index contributed by atoms with van der Waals surface area (Å²) in [6.45, 7) is 5.39. The molecule has 4 aromatic carbocycles. The third-order valence-electron chi connectivity index (χ3n) is 7.06. The molecule has 1 aromatic heterocycles. The number of amides is 2. The molecule has 0 saturated heterocycles. The number of aryl methyl sites for hydroxylation is 2. The second-order valence-electron chi connectivity index (χ2n) is 10.0. The fourth-order valence-corrected chi connectivity index (χ4v) is 5.11. The molecule has 41 heavy (non-hydrogen) atoms. The summed E-state index contributed by atoms with van der Waals surface area (Å²) in [5.41, 5.74) is 3.90. The molecule has 0 aliphatic carbocycles. The van der Waals surface area contributed by atoms with E-state index >= 15 is 0 Å². The van der Waals surface area contributed by atoms with Crippen LogP contribution < -0.4 is 10.6 Å². The van der Waals surface area contributed by atoms with Gasteiger partial charge in [-0.3, -0.25) is 14.6 Å². The van der Waals surface area contributed by atoms with E-state index in [0.717, 1.165) is 27.2 Å². The Bertz CT molecular complexity index is 1830. The van der Waals surface area contributed by atoms with Crippen molar-refractivity contribution in [1.29, 1.82) is 0 Å². The number of pyridine rings is 1. The first-order valence-corrected chi connectivity index (χ1v) is 13.2. The highest BCUT2D eigenvalue weighted by molar-refractivity contribution is 6.05. The van der Waals surface area contributed by atoms with Crippen LogP contribution in [0.15, 0.2) is 96.8 Å². The van der Waals surface area contributed by atoms with Crippen LogP contribution in [0.5, 0.6) is 0 Å². The molecular formula is C34H29N3O4. The number of hydrogen-bond donors (Lipinski definition) is 3. The number of aromatic nitrogens is 1. The van der Waals surface area contributed by atoms with E-state index in [9.17, 15) is 19.5 Å². The van der Waals surface area contributed by atoms with Crippen molar-refractivity contribution in [1.82, 2.24) is 15.6 Å². The Morgan fingerprint density at radius 2 is 1.49 bits per heavy atom. The van der Waals surface area contributed by atoms with Crippen LogP contribution in [0, 0.1) is 13.8 Å². The summed E-state index contributed by atoms with van der Waals surface area (Å²) in [5, 5.41) is 18.4. The molecule has 0 saturated carbocycles. The zero-order chi connectivity index (χ0) is 29.1. The van der Waals surface area contributed by atoms with E-state index in [0.29, 0.717) is 27.8 Å². The van der Waals surface area contributed by atoms with Gasteiger partial charge in [-0.2, -0.15) is 0 Å². The van der Waals surface area contributed by atoms with Gasteiger partial charge in [0.15, 0.2) is 0 Å². The fourth-order valence-electron chi connectivity index (χ4n) is 5.11. The van der Waals surface area contributed by atoms with Gasteiger partial charge in [0.25, 0.3) is 11.8 Å². The quantitative estimate of drug-likeness (QED) is 0.207. The molecule has 3 N–H and O–H groups in total. The maximum atomic E-state index is 13.2. The predicted octanol–water partition coefficient (Wildman–Crippen LogP) is 6.35. The fraction of sp³-hybridized carbons (Fsp3) is 0.118. The minimum absolute atomic E-state index is 0.245. The van der Waals surface area contributed by atoms with Crippen molar-refractivity contribution in [3.05, 3.63) is 130 Å². The molecule has 2 amide bonds. The van der Waals surface area contributed by atoms with Crippen LogP contribution in [-0.4, -0.2) is 27.9 Å². The van der Waals surface area contributed by atoms with Crippen LogP contribution in [0.1, 0.15) is 55.9 Å². The average molecular weight is 544 g/mol. The van der Waals surface area contributed by atoms with Crippen molar-refractivity contribution < 1.29 is 19.5 Å². The molecular weight excluding hydrogens is 514 g/mol. The summed E-state index contributed by atoms with van der Waals surface area (Å²) in [7, 11) is 0. The van der Waals surface area contributed by atoms with Crippen molar-refractivity contribution in [2.75, 3.05) is 0 Å². The number of carboxylic acids is 1. The average Bonchev–Trinajstić information content (AvgIpc) is 2.96. The number of nitrogens with zero attached hydrogens (tertiary/aromatic N) is 1. The summed E-state index contributed by atoms with van der Waals surface area (Å²) in [5.74, 6) is -2.11. The number of fused-ring (bicyclic) bond motifs is 2. The Morgan fingerprint density at radius 1 is 0.829 bits per heavy atom. The van der Waals surface area contributed by atoms with Gasteiger partial charge in [-0.15, -0.1) is 0 Å². The second-order valence-corrected chi connectivity index (χ2v) is 10.0. The topological polar surface area (TPSA) is 108 Å². The molecule has 0 aliphatic rings. The van der Waals surface area contributed by atoms with Gasteiger partial charge in [-0.1, -0.05) is 60.7 Å². The molecule has 0 unspecified atom stereocenters. The summed E-state index contributed by atoms with van der Waals surface area (Å²) < 4.78 is 0. The maximum Gasteiger partial charge on any atom is 0.352 e. The van der Waals surface area contributed by atoms with Gasteiger partial charge in [0.2, 0.25) is 0 Å².